The van der Waals surface area contributed by atoms with Crippen LogP contribution in [0, 0.1) is 13.8 Å². The Morgan fingerprint density at radius 2 is 1.71 bits per heavy atom. The second-order valence-corrected chi connectivity index (χ2v) is 5.81. The second-order valence-electron chi connectivity index (χ2n) is 5.81. The summed E-state index contributed by atoms with van der Waals surface area (Å²) < 4.78 is 0. The minimum Gasteiger partial charge on any atom is -0.370 e. The zero-order chi connectivity index (χ0) is 15.4. The van der Waals surface area contributed by atoms with Crippen LogP contribution in [0.25, 0.3) is 11.4 Å². The highest BCUT2D eigenvalue weighted by molar-refractivity contribution is 5.60. The van der Waals surface area contributed by atoms with Crippen molar-refractivity contribution in [1.82, 2.24) is 9.97 Å². The number of nitrogens with one attached hydrogen (secondary N) is 1. The van der Waals surface area contributed by atoms with Gasteiger partial charge >= 0.3 is 0 Å². The summed E-state index contributed by atoms with van der Waals surface area (Å²) in [6.07, 6.45) is 1.08. The lowest BCUT2D eigenvalue weighted by atomic mass is 10.0. The lowest BCUT2D eigenvalue weighted by Crippen LogP contribution is -2.07. The summed E-state index contributed by atoms with van der Waals surface area (Å²) in [5.74, 6) is 2.29. The van der Waals surface area contributed by atoms with Crippen LogP contribution >= 0.6 is 0 Å². The first-order chi connectivity index (χ1) is 10.0. The number of hydrogen-bond donors (Lipinski definition) is 1. The van der Waals surface area contributed by atoms with Crippen molar-refractivity contribution in [3.63, 3.8) is 0 Å². The molecule has 0 atom stereocenters. The van der Waals surface area contributed by atoms with Gasteiger partial charge in [0.25, 0.3) is 0 Å². The molecule has 21 heavy (non-hydrogen) atoms. The highest BCUT2D eigenvalue weighted by Gasteiger charge is 2.09. The fourth-order valence-electron chi connectivity index (χ4n) is 2.19. The topological polar surface area (TPSA) is 37.8 Å². The summed E-state index contributed by atoms with van der Waals surface area (Å²) in [6.45, 7) is 11.6. The van der Waals surface area contributed by atoms with Crippen LogP contribution in [0.4, 0.5) is 5.82 Å². The maximum absolute atomic E-state index is 4.69. The highest BCUT2D eigenvalue weighted by Crippen LogP contribution is 2.23. The predicted octanol–water partition coefficient (Wildman–Crippen LogP) is 4.71. The molecule has 3 nitrogen and oxygen atoms in total. The van der Waals surface area contributed by atoms with Gasteiger partial charge in [0.05, 0.1) is 0 Å². The molecule has 0 unspecified atom stereocenters. The van der Waals surface area contributed by atoms with Crippen LogP contribution in [0.2, 0.25) is 0 Å². The SMILES string of the molecule is CCCNc1nc(-c2ccc(C(C)C)cc2)nc(C)c1C. The van der Waals surface area contributed by atoms with Crippen LogP contribution in [0.1, 0.15) is 49.9 Å². The molecular weight excluding hydrogens is 258 g/mol. The second kappa shape index (κ2) is 6.70. The van der Waals surface area contributed by atoms with Gasteiger partial charge in [-0.25, -0.2) is 9.97 Å². The molecule has 0 bridgehead atoms. The number of nitrogens with zero attached hydrogens (tertiary/aromatic N) is 2. The van der Waals surface area contributed by atoms with Gasteiger partial charge in [0, 0.05) is 23.4 Å². The van der Waals surface area contributed by atoms with E-state index in [1.165, 1.54) is 5.56 Å². The molecule has 0 aliphatic carbocycles. The first-order valence-corrected chi connectivity index (χ1v) is 7.72. The van der Waals surface area contributed by atoms with Crippen molar-refractivity contribution in [3.05, 3.63) is 41.1 Å². The van der Waals surface area contributed by atoms with Crippen LogP contribution in [-0.4, -0.2) is 16.5 Å². The molecule has 2 rings (SSSR count). The van der Waals surface area contributed by atoms with Crippen molar-refractivity contribution >= 4 is 5.82 Å². The van der Waals surface area contributed by atoms with Gasteiger partial charge in [-0.1, -0.05) is 45.0 Å². The molecule has 1 aromatic heterocycles. The molecule has 0 radical (unpaired) electrons. The lowest BCUT2D eigenvalue weighted by Gasteiger charge is -2.12. The van der Waals surface area contributed by atoms with E-state index in [4.69, 9.17) is 4.98 Å². The van der Waals surface area contributed by atoms with Crippen LogP contribution in [0.3, 0.4) is 0 Å². The Morgan fingerprint density at radius 1 is 1.05 bits per heavy atom. The number of benzene rings is 1. The minimum atomic E-state index is 0.543. The average Bonchev–Trinajstić information content (AvgIpc) is 2.48. The molecule has 0 aliphatic heterocycles. The van der Waals surface area contributed by atoms with Crippen LogP contribution in [-0.2, 0) is 0 Å². The number of rotatable bonds is 5. The standard InChI is InChI=1S/C18H25N3/c1-6-11-19-17-13(4)14(5)20-18(21-17)16-9-7-15(8-10-16)12(2)3/h7-10,12H,6,11H2,1-5H3,(H,19,20,21). The quantitative estimate of drug-likeness (QED) is 0.863. The monoisotopic (exact) mass is 283 g/mol. The van der Waals surface area contributed by atoms with Gasteiger partial charge in [-0.15, -0.1) is 0 Å². The molecule has 3 heteroatoms. The van der Waals surface area contributed by atoms with Crippen molar-refractivity contribution in [1.29, 1.82) is 0 Å². The van der Waals surface area contributed by atoms with E-state index < -0.39 is 0 Å². The van der Waals surface area contributed by atoms with E-state index in [9.17, 15) is 0 Å². The number of aryl methyl sites for hydroxylation is 1. The minimum absolute atomic E-state index is 0.543. The van der Waals surface area contributed by atoms with Crippen LogP contribution in [0.15, 0.2) is 24.3 Å². The highest BCUT2D eigenvalue weighted by atomic mass is 15.0. The third-order valence-corrected chi connectivity index (χ3v) is 3.77. The molecular formula is C18H25N3. The lowest BCUT2D eigenvalue weighted by molar-refractivity contribution is 0.866. The molecule has 0 fully saturated rings. The molecule has 1 aromatic carbocycles. The zero-order valence-electron chi connectivity index (χ0n) is 13.7. The van der Waals surface area contributed by atoms with Crippen LogP contribution < -0.4 is 5.32 Å². The van der Waals surface area contributed by atoms with E-state index in [1.807, 2.05) is 6.92 Å². The third-order valence-electron chi connectivity index (χ3n) is 3.77. The molecule has 0 amide bonds. The molecule has 2 aromatic rings. The first-order valence-electron chi connectivity index (χ1n) is 7.72. The van der Waals surface area contributed by atoms with Gasteiger partial charge in [-0.3, -0.25) is 0 Å². The largest absolute Gasteiger partial charge is 0.370 e. The summed E-state index contributed by atoms with van der Waals surface area (Å²) in [7, 11) is 0. The number of hydrogen-bond acceptors (Lipinski definition) is 3. The van der Waals surface area contributed by atoms with Crippen molar-refractivity contribution in [2.24, 2.45) is 0 Å². The number of anilines is 1. The Balaban J connectivity index is 2.36. The van der Waals surface area contributed by atoms with E-state index in [1.54, 1.807) is 0 Å². The normalized spacial score (nSPS) is 11.0. The summed E-state index contributed by atoms with van der Waals surface area (Å²) in [5.41, 5.74) is 4.58. The van der Waals surface area contributed by atoms with Crippen molar-refractivity contribution in [2.75, 3.05) is 11.9 Å². The van der Waals surface area contributed by atoms with Crippen molar-refractivity contribution in [3.8, 4) is 11.4 Å². The summed E-state index contributed by atoms with van der Waals surface area (Å²) in [5, 5.41) is 3.39. The molecule has 0 saturated heterocycles. The Labute approximate surface area is 127 Å². The zero-order valence-corrected chi connectivity index (χ0v) is 13.7. The third kappa shape index (κ3) is 3.60. The molecule has 1 N–H and O–H groups in total. The van der Waals surface area contributed by atoms with Gasteiger partial charge in [-0.2, -0.15) is 0 Å². The number of aromatic nitrogens is 2. The van der Waals surface area contributed by atoms with Gasteiger partial charge < -0.3 is 5.32 Å². The fraction of sp³-hybridized carbons (Fsp3) is 0.444. The first kappa shape index (κ1) is 15.5. The molecule has 0 saturated carbocycles. The van der Waals surface area contributed by atoms with Gasteiger partial charge in [0.15, 0.2) is 5.82 Å². The van der Waals surface area contributed by atoms with Gasteiger partial charge in [0.2, 0.25) is 0 Å². The molecule has 1 heterocycles. The maximum atomic E-state index is 4.69. The fourth-order valence-corrected chi connectivity index (χ4v) is 2.19. The van der Waals surface area contributed by atoms with Crippen molar-refractivity contribution in [2.45, 2.75) is 47.0 Å². The smallest absolute Gasteiger partial charge is 0.161 e. The Hall–Kier alpha value is -1.90. The summed E-state index contributed by atoms with van der Waals surface area (Å²) in [6, 6.07) is 8.56. The average molecular weight is 283 g/mol. The van der Waals surface area contributed by atoms with Gasteiger partial charge in [0.1, 0.15) is 5.82 Å². The van der Waals surface area contributed by atoms with Crippen LogP contribution in [0.5, 0.6) is 0 Å². The Bertz CT molecular complexity index is 601. The van der Waals surface area contributed by atoms with E-state index >= 15 is 0 Å². The molecule has 0 spiro atoms. The predicted molar refractivity (Wildman–Crippen MR) is 89.8 cm³/mol. The summed E-state index contributed by atoms with van der Waals surface area (Å²) >= 11 is 0. The van der Waals surface area contributed by atoms with E-state index in [0.717, 1.165) is 41.4 Å². The molecule has 112 valence electrons. The van der Waals surface area contributed by atoms with E-state index in [0.29, 0.717) is 5.92 Å². The van der Waals surface area contributed by atoms with E-state index in [-0.39, 0.29) is 0 Å². The van der Waals surface area contributed by atoms with Crippen molar-refractivity contribution < 1.29 is 0 Å². The summed E-state index contributed by atoms with van der Waals surface area (Å²) in [4.78, 5) is 9.33. The Kier molecular flexibility index (Phi) is 4.94. The maximum Gasteiger partial charge on any atom is 0.161 e. The van der Waals surface area contributed by atoms with Gasteiger partial charge in [-0.05, 0) is 31.7 Å². The Morgan fingerprint density at radius 3 is 2.29 bits per heavy atom. The molecule has 0 aliphatic rings. The van der Waals surface area contributed by atoms with E-state index in [2.05, 4.69) is 62.3 Å².